The molecule has 5 aromatic carbocycles. The molecule has 50 heavy (non-hydrogen) atoms. The van der Waals surface area contributed by atoms with E-state index in [1.54, 1.807) is 0 Å². The minimum atomic E-state index is -0.570. The highest BCUT2D eigenvalue weighted by molar-refractivity contribution is 5.93. The van der Waals surface area contributed by atoms with Gasteiger partial charge in [0, 0.05) is 18.5 Å². The zero-order valence-corrected chi connectivity index (χ0v) is 27.2. The molecule has 7 aromatic rings. The van der Waals surface area contributed by atoms with Crippen LogP contribution in [0.4, 0.5) is 0 Å². The van der Waals surface area contributed by atoms with E-state index in [0.717, 1.165) is 49.9 Å². The van der Waals surface area contributed by atoms with E-state index >= 15 is 0 Å². The molecule has 8 rings (SSSR count). The van der Waals surface area contributed by atoms with Crippen LogP contribution in [-0.4, -0.2) is 36.6 Å². The van der Waals surface area contributed by atoms with Gasteiger partial charge in [-0.05, 0) is 58.1 Å². The van der Waals surface area contributed by atoms with Gasteiger partial charge in [-0.15, -0.1) is 0 Å². The Balaban J connectivity index is 0.981. The fraction of sp³-hybridized carbons (Fsp3) is 0.171. The van der Waals surface area contributed by atoms with Gasteiger partial charge in [0.1, 0.15) is 5.69 Å². The zero-order chi connectivity index (χ0) is 33.9. The van der Waals surface area contributed by atoms with Crippen LogP contribution in [0.15, 0.2) is 134 Å². The van der Waals surface area contributed by atoms with Crippen LogP contribution in [0.5, 0.6) is 0 Å². The Bertz CT molecular complexity index is 2270. The fourth-order valence-corrected chi connectivity index (χ4v) is 6.44. The second-order valence-corrected chi connectivity index (χ2v) is 12.5. The number of carbonyl (C=O) groups is 1. The highest BCUT2D eigenvalue weighted by Crippen LogP contribution is 2.39. The number of aromatic nitrogens is 4. The second-order valence-electron chi connectivity index (χ2n) is 12.5. The van der Waals surface area contributed by atoms with Crippen LogP contribution < -0.4 is 5.32 Å². The summed E-state index contributed by atoms with van der Waals surface area (Å²) in [6, 6.07) is 39.9. The molecule has 1 aliphatic rings. The number of aliphatic hydroxyl groups is 1. The number of rotatable bonds is 9. The van der Waals surface area contributed by atoms with Crippen molar-refractivity contribution in [2.75, 3.05) is 0 Å². The lowest BCUT2D eigenvalue weighted by molar-refractivity contribution is -0.252. The topological polar surface area (TPSA) is 111 Å². The standard InChI is InChI=1S/C41H35N5O4/c47-25-27-12-14-30(15-13-27)39-21-33(24-46-26-44-36-10-3-4-11-38(36)46)49-41(50-39)31-18-16-29(17-19-31)32-7-5-6-28(20-32)22-43-40(48)37-23-42-34-8-1-2-9-35(34)45-37/h1-20,23,26,33,39,41,47H,21-22,24-25H2,(H,43,48)/t33-,39+,41+/m0/s1. The summed E-state index contributed by atoms with van der Waals surface area (Å²) < 4.78 is 15.3. The van der Waals surface area contributed by atoms with Gasteiger partial charge in [-0.25, -0.2) is 9.97 Å². The van der Waals surface area contributed by atoms with Crippen molar-refractivity contribution in [3.8, 4) is 11.1 Å². The third kappa shape index (κ3) is 6.75. The van der Waals surface area contributed by atoms with Crippen LogP contribution >= 0.6 is 0 Å². The molecule has 3 heterocycles. The van der Waals surface area contributed by atoms with Crippen LogP contribution in [0.2, 0.25) is 0 Å². The van der Waals surface area contributed by atoms with E-state index in [-0.39, 0.29) is 30.4 Å². The third-order valence-corrected chi connectivity index (χ3v) is 9.12. The number of carbonyl (C=O) groups excluding carboxylic acids is 1. The van der Waals surface area contributed by atoms with Gasteiger partial charge < -0.3 is 24.5 Å². The highest BCUT2D eigenvalue weighted by Gasteiger charge is 2.32. The molecule has 1 aliphatic heterocycles. The Morgan fingerprint density at radius 3 is 2.34 bits per heavy atom. The second kappa shape index (κ2) is 14.0. The number of nitrogens with zero attached hydrogens (tertiary/aromatic N) is 4. The average Bonchev–Trinajstić information content (AvgIpc) is 3.59. The molecule has 0 spiro atoms. The number of ether oxygens (including phenoxy) is 2. The molecule has 1 amide bonds. The zero-order valence-electron chi connectivity index (χ0n) is 27.2. The first-order valence-electron chi connectivity index (χ1n) is 16.7. The number of amides is 1. The molecule has 0 bridgehead atoms. The SMILES string of the molecule is O=C(NCc1cccc(-c2ccc([C@@H]3O[C@H](Cn4cnc5ccccc54)C[C@H](c4ccc(CO)cc4)O3)cc2)c1)c1cnc2ccccc2n1. The Kier molecular flexibility index (Phi) is 8.83. The van der Waals surface area contributed by atoms with E-state index in [1.807, 2.05) is 97.3 Å². The maximum atomic E-state index is 12.9. The first kappa shape index (κ1) is 31.5. The molecule has 3 atom stereocenters. The molecule has 0 radical (unpaired) electrons. The molecule has 2 N–H and O–H groups in total. The molecule has 248 valence electrons. The van der Waals surface area contributed by atoms with Crippen molar-refractivity contribution in [3.05, 3.63) is 162 Å². The van der Waals surface area contributed by atoms with Gasteiger partial charge in [-0.3, -0.25) is 9.78 Å². The summed E-state index contributed by atoms with van der Waals surface area (Å²) in [4.78, 5) is 26.2. The quantitative estimate of drug-likeness (QED) is 0.167. The van der Waals surface area contributed by atoms with E-state index in [1.165, 1.54) is 6.20 Å². The average molecular weight is 662 g/mol. The van der Waals surface area contributed by atoms with Crippen LogP contribution in [-0.2, 0) is 29.2 Å². The number of aliphatic hydroxyl groups excluding tert-OH is 1. The summed E-state index contributed by atoms with van der Waals surface area (Å²) >= 11 is 0. The Labute approximate surface area is 289 Å². The highest BCUT2D eigenvalue weighted by atomic mass is 16.7. The lowest BCUT2D eigenvalue weighted by Crippen LogP contribution is -2.32. The molecule has 9 nitrogen and oxygen atoms in total. The number of hydrogen-bond acceptors (Lipinski definition) is 7. The lowest BCUT2D eigenvalue weighted by Gasteiger charge is -2.36. The van der Waals surface area contributed by atoms with Crippen molar-refractivity contribution >= 4 is 28.0 Å². The van der Waals surface area contributed by atoms with E-state index < -0.39 is 6.29 Å². The normalized spacial score (nSPS) is 17.6. The maximum absolute atomic E-state index is 12.9. The van der Waals surface area contributed by atoms with Crippen molar-refractivity contribution in [2.45, 2.75) is 44.6 Å². The van der Waals surface area contributed by atoms with Gasteiger partial charge in [0.15, 0.2) is 6.29 Å². The van der Waals surface area contributed by atoms with Crippen molar-refractivity contribution < 1.29 is 19.4 Å². The number of imidazole rings is 1. The summed E-state index contributed by atoms with van der Waals surface area (Å²) in [6.07, 6.45) is 3.17. The summed E-state index contributed by atoms with van der Waals surface area (Å²) in [5.41, 5.74) is 9.61. The summed E-state index contributed by atoms with van der Waals surface area (Å²) in [7, 11) is 0. The van der Waals surface area contributed by atoms with Crippen LogP contribution in [0.1, 0.15) is 51.6 Å². The first-order chi connectivity index (χ1) is 24.6. The predicted molar refractivity (Wildman–Crippen MR) is 191 cm³/mol. The van der Waals surface area contributed by atoms with E-state index in [2.05, 4.69) is 55.2 Å². The minimum Gasteiger partial charge on any atom is -0.392 e. The Morgan fingerprint density at radius 1 is 0.760 bits per heavy atom. The number of benzene rings is 5. The molecule has 0 unspecified atom stereocenters. The van der Waals surface area contributed by atoms with Gasteiger partial charge in [0.25, 0.3) is 5.91 Å². The van der Waals surface area contributed by atoms with E-state index in [4.69, 9.17) is 9.47 Å². The van der Waals surface area contributed by atoms with Crippen molar-refractivity contribution in [1.29, 1.82) is 0 Å². The Morgan fingerprint density at radius 2 is 1.52 bits per heavy atom. The molecule has 1 saturated heterocycles. The number of fused-ring (bicyclic) bond motifs is 2. The summed E-state index contributed by atoms with van der Waals surface area (Å²) in [6.45, 7) is 0.996. The van der Waals surface area contributed by atoms with Gasteiger partial charge in [-0.2, -0.15) is 0 Å². The van der Waals surface area contributed by atoms with Crippen molar-refractivity contribution in [1.82, 2.24) is 24.8 Å². The molecule has 2 aromatic heterocycles. The van der Waals surface area contributed by atoms with E-state index in [0.29, 0.717) is 25.0 Å². The first-order valence-corrected chi connectivity index (χ1v) is 16.7. The minimum absolute atomic E-state index is 0.00171. The predicted octanol–water partition coefficient (Wildman–Crippen LogP) is 7.31. The number of nitrogens with one attached hydrogen (secondary N) is 1. The molecule has 1 fully saturated rings. The van der Waals surface area contributed by atoms with Crippen molar-refractivity contribution in [3.63, 3.8) is 0 Å². The molecular formula is C41H35N5O4. The molecule has 9 heteroatoms. The number of para-hydroxylation sites is 4. The van der Waals surface area contributed by atoms with Gasteiger partial charge >= 0.3 is 0 Å². The summed E-state index contributed by atoms with van der Waals surface area (Å²) in [5.74, 6) is -0.271. The molecule has 0 saturated carbocycles. The van der Waals surface area contributed by atoms with Gasteiger partial charge in [0.2, 0.25) is 0 Å². The van der Waals surface area contributed by atoms with Crippen molar-refractivity contribution in [2.24, 2.45) is 0 Å². The largest absolute Gasteiger partial charge is 0.392 e. The van der Waals surface area contributed by atoms with Crippen LogP contribution in [0, 0.1) is 0 Å². The molecular weight excluding hydrogens is 626 g/mol. The Hall–Kier alpha value is -5.74. The van der Waals surface area contributed by atoms with Gasteiger partial charge in [0.05, 0.1) is 60.0 Å². The molecule has 0 aliphatic carbocycles. The fourth-order valence-electron chi connectivity index (χ4n) is 6.44. The monoisotopic (exact) mass is 661 g/mol. The van der Waals surface area contributed by atoms with E-state index in [9.17, 15) is 9.90 Å². The van der Waals surface area contributed by atoms with Crippen LogP contribution in [0.25, 0.3) is 33.2 Å². The smallest absolute Gasteiger partial charge is 0.271 e. The maximum Gasteiger partial charge on any atom is 0.271 e. The van der Waals surface area contributed by atoms with Gasteiger partial charge in [-0.1, -0.05) is 91.0 Å². The van der Waals surface area contributed by atoms with Crippen LogP contribution in [0.3, 0.4) is 0 Å². The number of hydrogen-bond donors (Lipinski definition) is 2. The lowest BCUT2D eigenvalue weighted by atomic mass is 9.99. The third-order valence-electron chi connectivity index (χ3n) is 9.12. The summed E-state index contributed by atoms with van der Waals surface area (Å²) in [5, 5.41) is 12.5.